The highest BCUT2D eigenvalue weighted by Crippen LogP contribution is 2.25. The van der Waals surface area contributed by atoms with Crippen molar-refractivity contribution in [3.63, 3.8) is 0 Å². The minimum atomic E-state index is -0.726. The third-order valence-corrected chi connectivity index (χ3v) is 3.05. The molecule has 1 saturated heterocycles. The standard InChI is InChI=1S/C13H17NO2/c15-13(16)8-7-11-5-1-2-6-12(11)14-9-3-4-10-14/h1-2,5-6H,3-4,7-10H2,(H,15,16). The number of carboxylic acids is 1. The Bertz CT molecular complexity index is 370. The highest BCUT2D eigenvalue weighted by molar-refractivity contribution is 5.68. The summed E-state index contributed by atoms with van der Waals surface area (Å²) in [6.07, 6.45) is 3.33. The average molecular weight is 219 g/mol. The van der Waals surface area contributed by atoms with Crippen LogP contribution in [0.3, 0.4) is 0 Å². The molecule has 1 aliphatic rings. The molecule has 1 heterocycles. The second kappa shape index (κ2) is 5.01. The summed E-state index contributed by atoms with van der Waals surface area (Å²) < 4.78 is 0. The Morgan fingerprint density at radius 1 is 1.25 bits per heavy atom. The molecule has 2 rings (SSSR count). The Hall–Kier alpha value is -1.51. The maximum Gasteiger partial charge on any atom is 0.303 e. The van der Waals surface area contributed by atoms with E-state index in [1.54, 1.807) is 0 Å². The van der Waals surface area contributed by atoms with Gasteiger partial charge in [0.25, 0.3) is 0 Å². The molecule has 1 fully saturated rings. The van der Waals surface area contributed by atoms with Crippen LogP contribution in [0.2, 0.25) is 0 Å². The predicted molar refractivity (Wildman–Crippen MR) is 63.8 cm³/mol. The van der Waals surface area contributed by atoms with Gasteiger partial charge in [-0.3, -0.25) is 4.79 Å². The summed E-state index contributed by atoms with van der Waals surface area (Å²) in [6, 6.07) is 8.15. The quantitative estimate of drug-likeness (QED) is 0.844. The van der Waals surface area contributed by atoms with E-state index < -0.39 is 5.97 Å². The highest BCUT2D eigenvalue weighted by atomic mass is 16.4. The fourth-order valence-corrected chi connectivity index (χ4v) is 2.23. The molecular formula is C13H17NO2. The average Bonchev–Trinajstić information content (AvgIpc) is 2.80. The molecule has 1 aromatic carbocycles. The molecule has 0 spiro atoms. The molecule has 1 N–H and O–H groups in total. The lowest BCUT2D eigenvalue weighted by atomic mass is 10.1. The molecular weight excluding hydrogens is 202 g/mol. The third kappa shape index (κ3) is 2.54. The fourth-order valence-electron chi connectivity index (χ4n) is 2.23. The zero-order valence-electron chi connectivity index (χ0n) is 9.35. The van der Waals surface area contributed by atoms with Crippen molar-refractivity contribution in [2.24, 2.45) is 0 Å². The Morgan fingerprint density at radius 2 is 1.94 bits per heavy atom. The summed E-state index contributed by atoms with van der Waals surface area (Å²) in [5.74, 6) is -0.726. The topological polar surface area (TPSA) is 40.5 Å². The van der Waals surface area contributed by atoms with Crippen LogP contribution in [0.4, 0.5) is 5.69 Å². The minimum Gasteiger partial charge on any atom is -0.481 e. The first-order chi connectivity index (χ1) is 7.77. The number of anilines is 1. The molecule has 0 amide bonds. The van der Waals surface area contributed by atoms with E-state index in [9.17, 15) is 4.79 Å². The van der Waals surface area contributed by atoms with E-state index in [0.29, 0.717) is 6.42 Å². The van der Waals surface area contributed by atoms with Gasteiger partial charge in [0, 0.05) is 25.2 Å². The maximum absolute atomic E-state index is 10.6. The molecule has 0 atom stereocenters. The Kier molecular flexibility index (Phi) is 3.44. The van der Waals surface area contributed by atoms with E-state index in [2.05, 4.69) is 11.0 Å². The Morgan fingerprint density at radius 3 is 2.62 bits per heavy atom. The molecule has 16 heavy (non-hydrogen) atoms. The molecule has 0 unspecified atom stereocenters. The second-order valence-electron chi connectivity index (χ2n) is 4.22. The summed E-state index contributed by atoms with van der Waals surface area (Å²) in [4.78, 5) is 12.9. The minimum absolute atomic E-state index is 0.213. The van der Waals surface area contributed by atoms with E-state index in [0.717, 1.165) is 18.7 Å². The number of aryl methyl sites for hydroxylation is 1. The van der Waals surface area contributed by atoms with Crippen molar-refractivity contribution in [2.45, 2.75) is 25.7 Å². The smallest absolute Gasteiger partial charge is 0.303 e. The molecule has 1 aromatic rings. The summed E-state index contributed by atoms with van der Waals surface area (Å²) in [5, 5.41) is 8.72. The van der Waals surface area contributed by atoms with Gasteiger partial charge in [0.1, 0.15) is 0 Å². The summed E-state index contributed by atoms with van der Waals surface area (Å²) in [5.41, 5.74) is 2.38. The van der Waals surface area contributed by atoms with Gasteiger partial charge in [-0.2, -0.15) is 0 Å². The largest absolute Gasteiger partial charge is 0.481 e. The van der Waals surface area contributed by atoms with Crippen molar-refractivity contribution < 1.29 is 9.90 Å². The van der Waals surface area contributed by atoms with E-state index in [4.69, 9.17) is 5.11 Å². The molecule has 0 aromatic heterocycles. The van der Waals surface area contributed by atoms with Gasteiger partial charge >= 0.3 is 5.97 Å². The third-order valence-electron chi connectivity index (χ3n) is 3.05. The van der Waals surface area contributed by atoms with Crippen LogP contribution in [0.25, 0.3) is 0 Å². The number of nitrogens with zero attached hydrogens (tertiary/aromatic N) is 1. The van der Waals surface area contributed by atoms with Crippen LogP contribution >= 0.6 is 0 Å². The molecule has 3 heteroatoms. The van der Waals surface area contributed by atoms with Crippen molar-refractivity contribution in [2.75, 3.05) is 18.0 Å². The van der Waals surface area contributed by atoms with Gasteiger partial charge in [0.05, 0.1) is 0 Å². The van der Waals surface area contributed by atoms with Crippen molar-refractivity contribution in [1.29, 1.82) is 0 Å². The van der Waals surface area contributed by atoms with Gasteiger partial charge in [-0.1, -0.05) is 18.2 Å². The number of carboxylic acid groups (broad SMARTS) is 1. The molecule has 1 aliphatic heterocycles. The number of aliphatic carboxylic acids is 1. The molecule has 0 saturated carbocycles. The first-order valence-electron chi connectivity index (χ1n) is 5.82. The van der Waals surface area contributed by atoms with Crippen LogP contribution in [0.15, 0.2) is 24.3 Å². The van der Waals surface area contributed by atoms with Gasteiger partial charge in [-0.25, -0.2) is 0 Å². The monoisotopic (exact) mass is 219 g/mol. The van der Waals surface area contributed by atoms with Crippen LogP contribution in [-0.4, -0.2) is 24.2 Å². The normalized spacial score (nSPS) is 15.4. The van der Waals surface area contributed by atoms with Gasteiger partial charge in [-0.15, -0.1) is 0 Å². The van der Waals surface area contributed by atoms with Crippen molar-refractivity contribution in [1.82, 2.24) is 0 Å². The summed E-state index contributed by atoms with van der Waals surface area (Å²) >= 11 is 0. The fraction of sp³-hybridized carbons (Fsp3) is 0.462. The van der Waals surface area contributed by atoms with Crippen LogP contribution in [0.5, 0.6) is 0 Å². The van der Waals surface area contributed by atoms with Crippen molar-refractivity contribution in [3.05, 3.63) is 29.8 Å². The highest BCUT2D eigenvalue weighted by Gasteiger charge is 2.15. The molecule has 0 bridgehead atoms. The second-order valence-corrected chi connectivity index (χ2v) is 4.22. The van der Waals surface area contributed by atoms with Gasteiger partial charge in [0.2, 0.25) is 0 Å². The van der Waals surface area contributed by atoms with E-state index >= 15 is 0 Å². The van der Waals surface area contributed by atoms with Crippen LogP contribution < -0.4 is 4.90 Å². The van der Waals surface area contributed by atoms with Crippen LogP contribution in [0, 0.1) is 0 Å². The maximum atomic E-state index is 10.6. The van der Waals surface area contributed by atoms with Crippen LogP contribution in [-0.2, 0) is 11.2 Å². The molecule has 0 aliphatic carbocycles. The van der Waals surface area contributed by atoms with Crippen LogP contribution in [0.1, 0.15) is 24.8 Å². The predicted octanol–water partition coefficient (Wildman–Crippen LogP) is 2.30. The SMILES string of the molecule is O=C(O)CCc1ccccc1N1CCCC1. The lowest BCUT2D eigenvalue weighted by molar-refractivity contribution is -0.136. The summed E-state index contributed by atoms with van der Waals surface area (Å²) in [6.45, 7) is 2.20. The van der Waals surface area contributed by atoms with E-state index in [-0.39, 0.29) is 6.42 Å². The zero-order valence-corrected chi connectivity index (χ0v) is 9.35. The number of benzene rings is 1. The lowest BCUT2D eigenvalue weighted by Gasteiger charge is -2.21. The van der Waals surface area contributed by atoms with E-state index in [1.165, 1.54) is 18.5 Å². The number of carbonyl (C=O) groups is 1. The zero-order chi connectivity index (χ0) is 11.4. The Balaban J connectivity index is 2.13. The van der Waals surface area contributed by atoms with E-state index in [1.807, 2.05) is 18.2 Å². The first kappa shape index (κ1) is 11.0. The van der Waals surface area contributed by atoms with Crippen molar-refractivity contribution in [3.8, 4) is 0 Å². The van der Waals surface area contributed by atoms with Gasteiger partial charge < -0.3 is 10.0 Å². The molecule has 86 valence electrons. The molecule has 0 radical (unpaired) electrons. The van der Waals surface area contributed by atoms with Crippen molar-refractivity contribution >= 4 is 11.7 Å². The first-order valence-corrected chi connectivity index (χ1v) is 5.82. The number of rotatable bonds is 4. The lowest BCUT2D eigenvalue weighted by Crippen LogP contribution is -2.19. The van der Waals surface area contributed by atoms with Gasteiger partial charge in [0.15, 0.2) is 0 Å². The number of hydrogen-bond acceptors (Lipinski definition) is 2. The Labute approximate surface area is 95.7 Å². The number of para-hydroxylation sites is 1. The number of hydrogen-bond donors (Lipinski definition) is 1. The summed E-state index contributed by atoms with van der Waals surface area (Å²) in [7, 11) is 0. The molecule has 3 nitrogen and oxygen atoms in total. The van der Waals surface area contributed by atoms with Gasteiger partial charge in [-0.05, 0) is 30.9 Å².